The maximum Gasteiger partial charge on any atom is 0.255 e. The molecule has 0 aromatic heterocycles. The summed E-state index contributed by atoms with van der Waals surface area (Å²) >= 11 is 0. The maximum atomic E-state index is 12.0. The van der Waals surface area contributed by atoms with Crippen LogP contribution in [0.4, 0.5) is 5.69 Å². The van der Waals surface area contributed by atoms with Gasteiger partial charge in [0.25, 0.3) is 5.91 Å². The van der Waals surface area contributed by atoms with Gasteiger partial charge in [-0.15, -0.1) is 0 Å². The molecule has 3 N–H and O–H groups in total. The summed E-state index contributed by atoms with van der Waals surface area (Å²) in [6, 6.07) is 6.87. The molecule has 0 fully saturated rings. The maximum absolute atomic E-state index is 12.0. The molecule has 0 unspecified atom stereocenters. The average Bonchev–Trinajstić information content (AvgIpc) is 2.47. The molecule has 1 aliphatic rings. The Hall–Kier alpha value is -2.30. The van der Waals surface area contributed by atoms with Crippen LogP contribution in [0.25, 0.3) is 0 Å². The van der Waals surface area contributed by atoms with E-state index in [1.54, 1.807) is 24.3 Å². The van der Waals surface area contributed by atoms with Crippen LogP contribution in [-0.2, 0) is 9.59 Å². The van der Waals surface area contributed by atoms with Crippen molar-refractivity contribution in [2.45, 2.75) is 19.3 Å². The van der Waals surface area contributed by atoms with E-state index in [1.165, 1.54) is 0 Å². The zero-order valence-electron chi connectivity index (χ0n) is 11.2. The first-order valence-electron chi connectivity index (χ1n) is 6.62. The zero-order valence-corrected chi connectivity index (χ0v) is 11.2. The number of ether oxygens (including phenoxy) is 1. The number of benzene rings is 1. The Morgan fingerprint density at radius 1 is 1.25 bits per heavy atom. The zero-order chi connectivity index (χ0) is 14.4. The lowest BCUT2D eigenvalue weighted by Gasteiger charge is -2.17. The van der Waals surface area contributed by atoms with Crippen LogP contribution in [0.1, 0.15) is 19.3 Å². The number of nitrogens with one attached hydrogen (secondary N) is 1. The Morgan fingerprint density at radius 2 is 2.00 bits per heavy atom. The van der Waals surface area contributed by atoms with Gasteiger partial charge in [0.15, 0.2) is 6.61 Å². The van der Waals surface area contributed by atoms with Crippen LogP contribution < -0.4 is 15.8 Å². The van der Waals surface area contributed by atoms with Gasteiger partial charge in [-0.1, -0.05) is 12.2 Å². The quantitative estimate of drug-likeness (QED) is 0.804. The van der Waals surface area contributed by atoms with Crippen molar-refractivity contribution in [2.24, 2.45) is 11.7 Å². The molecule has 0 radical (unpaired) electrons. The van der Waals surface area contributed by atoms with Crippen molar-refractivity contribution in [2.75, 3.05) is 11.9 Å². The van der Waals surface area contributed by atoms with E-state index in [1.807, 2.05) is 0 Å². The van der Waals surface area contributed by atoms with E-state index in [2.05, 4.69) is 17.5 Å². The topological polar surface area (TPSA) is 81.4 Å². The minimum atomic E-state index is -0.521. The lowest BCUT2D eigenvalue weighted by molar-refractivity contribution is -0.120. The summed E-state index contributed by atoms with van der Waals surface area (Å²) in [4.78, 5) is 22.6. The van der Waals surface area contributed by atoms with E-state index >= 15 is 0 Å². The summed E-state index contributed by atoms with van der Waals surface area (Å²) in [6.45, 7) is -0.153. The van der Waals surface area contributed by atoms with Gasteiger partial charge in [0.1, 0.15) is 5.75 Å². The molecule has 1 aromatic rings. The van der Waals surface area contributed by atoms with Gasteiger partial charge in [-0.05, 0) is 43.5 Å². The van der Waals surface area contributed by atoms with E-state index in [0.717, 1.165) is 24.9 Å². The van der Waals surface area contributed by atoms with Gasteiger partial charge < -0.3 is 15.8 Å². The molecule has 106 valence electrons. The highest BCUT2D eigenvalue weighted by molar-refractivity contribution is 5.92. The Morgan fingerprint density at radius 3 is 2.60 bits per heavy atom. The number of hydrogen-bond donors (Lipinski definition) is 2. The van der Waals surface area contributed by atoms with Gasteiger partial charge in [-0.2, -0.15) is 0 Å². The molecule has 0 heterocycles. The van der Waals surface area contributed by atoms with Gasteiger partial charge in [0.05, 0.1) is 0 Å². The molecule has 1 atom stereocenters. The standard InChI is InChI=1S/C15H18N2O3/c16-14(18)10-20-13-8-6-12(7-9-13)17-15(19)11-4-2-1-3-5-11/h1-2,6-9,11H,3-5,10H2,(H2,16,18)(H,17,19)/t11-/m0/s1. The Balaban J connectivity index is 1.88. The third-order valence-electron chi connectivity index (χ3n) is 3.14. The van der Waals surface area contributed by atoms with E-state index in [4.69, 9.17) is 10.5 Å². The average molecular weight is 274 g/mol. The normalized spacial score (nSPS) is 17.5. The number of carbonyl (C=O) groups excluding carboxylic acids is 2. The molecule has 2 amide bonds. The number of allylic oxidation sites excluding steroid dienone is 2. The highest BCUT2D eigenvalue weighted by Crippen LogP contribution is 2.21. The molecular weight excluding hydrogens is 256 g/mol. The second-order valence-corrected chi connectivity index (χ2v) is 4.75. The molecule has 1 aromatic carbocycles. The largest absolute Gasteiger partial charge is 0.484 e. The number of nitrogens with two attached hydrogens (primary N) is 1. The first kappa shape index (κ1) is 14.1. The van der Waals surface area contributed by atoms with Crippen LogP contribution in [0.15, 0.2) is 36.4 Å². The molecule has 0 saturated carbocycles. The summed E-state index contributed by atoms with van der Waals surface area (Å²) in [5.41, 5.74) is 5.71. The molecule has 20 heavy (non-hydrogen) atoms. The number of primary amides is 1. The fourth-order valence-electron chi connectivity index (χ4n) is 2.07. The first-order chi connectivity index (χ1) is 9.65. The number of hydrogen-bond acceptors (Lipinski definition) is 3. The molecule has 2 rings (SSSR count). The van der Waals surface area contributed by atoms with Gasteiger partial charge in [-0.3, -0.25) is 9.59 Å². The molecule has 0 aliphatic heterocycles. The molecule has 0 bridgehead atoms. The second-order valence-electron chi connectivity index (χ2n) is 4.75. The van der Waals surface area contributed by atoms with Crippen molar-refractivity contribution >= 4 is 17.5 Å². The fourth-order valence-corrected chi connectivity index (χ4v) is 2.07. The van der Waals surface area contributed by atoms with Crippen LogP contribution in [0, 0.1) is 5.92 Å². The van der Waals surface area contributed by atoms with Crippen LogP contribution in [-0.4, -0.2) is 18.4 Å². The van der Waals surface area contributed by atoms with Crippen molar-refractivity contribution in [1.82, 2.24) is 0 Å². The van der Waals surface area contributed by atoms with E-state index in [-0.39, 0.29) is 18.4 Å². The minimum Gasteiger partial charge on any atom is -0.484 e. The van der Waals surface area contributed by atoms with E-state index in [0.29, 0.717) is 5.75 Å². The summed E-state index contributed by atoms with van der Waals surface area (Å²) in [5.74, 6) is 0.112. The predicted octanol–water partition coefficient (Wildman–Crippen LogP) is 1.85. The number of amides is 2. The molecule has 1 aliphatic carbocycles. The molecule has 0 spiro atoms. The van der Waals surface area contributed by atoms with Crippen LogP contribution in [0.3, 0.4) is 0 Å². The van der Waals surface area contributed by atoms with E-state index < -0.39 is 5.91 Å². The van der Waals surface area contributed by atoms with Crippen LogP contribution in [0.5, 0.6) is 5.75 Å². The highest BCUT2D eigenvalue weighted by Gasteiger charge is 2.18. The highest BCUT2D eigenvalue weighted by atomic mass is 16.5. The summed E-state index contributed by atoms with van der Waals surface area (Å²) in [5, 5.41) is 2.88. The van der Waals surface area contributed by atoms with Crippen molar-refractivity contribution < 1.29 is 14.3 Å². The van der Waals surface area contributed by atoms with Crippen molar-refractivity contribution in [3.8, 4) is 5.75 Å². The van der Waals surface area contributed by atoms with Gasteiger partial charge in [0, 0.05) is 11.6 Å². The molecule has 5 nitrogen and oxygen atoms in total. The Labute approximate surface area is 117 Å². The first-order valence-corrected chi connectivity index (χ1v) is 6.62. The Kier molecular flexibility index (Phi) is 4.76. The van der Waals surface area contributed by atoms with Crippen LogP contribution in [0.2, 0.25) is 0 Å². The number of rotatable bonds is 5. The van der Waals surface area contributed by atoms with E-state index in [9.17, 15) is 9.59 Å². The third-order valence-corrected chi connectivity index (χ3v) is 3.14. The van der Waals surface area contributed by atoms with Crippen molar-refractivity contribution in [3.63, 3.8) is 0 Å². The van der Waals surface area contributed by atoms with Gasteiger partial charge in [-0.25, -0.2) is 0 Å². The minimum absolute atomic E-state index is 0.0418. The van der Waals surface area contributed by atoms with Gasteiger partial charge >= 0.3 is 0 Å². The van der Waals surface area contributed by atoms with Crippen LogP contribution >= 0.6 is 0 Å². The SMILES string of the molecule is NC(=O)COc1ccc(NC(=O)[C@H]2CC=CCC2)cc1. The number of anilines is 1. The van der Waals surface area contributed by atoms with Gasteiger partial charge in [0.2, 0.25) is 5.91 Å². The summed E-state index contributed by atoms with van der Waals surface area (Å²) in [7, 11) is 0. The lowest BCUT2D eigenvalue weighted by Crippen LogP contribution is -2.23. The smallest absolute Gasteiger partial charge is 0.255 e. The van der Waals surface area contributed by atoms with Crippen molar-refractivity contribution in [1.29, 1.82) is 0 Å². The Bertz CT molecular complexity index is 508. The second kappa shape index (κ2) is 6.75. The fraction of sp³-hybridized carbons (Fsp3) is 0.333. The lowest BCUT2D eigenvalue weighted by atomic mass is 9.93. The number of carbonyl (C=O) groups is 2. The third kappa shape index (κ3) is 4.12. The molecular formula is C15H18N2O3. The monoisotopic (exact) mass is 274 g/mol. The summed E-state index contributed by atoms with van der Waals surface area (Å²) < 4.78 is 5.15. The molecule has 0 saturated heterocycles. The summed E-state index contributed by atoms with van der Waals surface area (Å²) in [6.07, 6.45) is 6.80. The predicted molar refractivity (Wildman–Crippen MR) is 76.2 cm³/mol. The molecule has 5 heteroatoms. The van der Waals surface area contributed by atoms with Crippen molar-refractivity contribution in [3.05, 3.63) is 36.4 Å².